The predicted octanol–water partition coefficient (Wildman–Crippen LogP) is 4.35. The van der Waals surface area contributed by atoms with Gasteiger partial charge in [-0.25, -0.2) is 0 Å². The van der Waals surface area contributed by atoms with E-state index in [0.717, 1.165) is 28.0 Å². The van der Waals surface area contributed by atoms with Gasteiger partial charge in [0.05, 0.1) is 7.11 Å². The average Bonchev–Trinajstić information content (AvgIpc) is 2.78. The Hall–Kier alpha value is -1.04. The number of aryl methyl sites for hydroxylation is 1. The molecule has 0 fully saturated rings. The summed E-state index contributed by atoms with van der Waals surface area (Å²) < 4.78 is 12.5. The molecule has 3 nitrogen and oxygen atoms in total. The first-order valence-electron chi connectivity index (χ1n) is 6.44. The number of thiophene rings is 1. The molecule has 2 atom stereocenters. The number of ether oxygens (including phenoxy) is 2. The van der Waals surface area contributed by atoms with Gasteiger partial charge in [-0.05, 0) is 35.0 Å². The molecule has 1 aliphatic rings. The number of methoxy groups -OCH3 is 1. The van der Waals surface area contributed by atoms with Crippen molar-refractivity contribution in [2.45, 2.75) is 25.5 Å². The Morgan fingerprint density at radius 1 is 1.40 bits per heavy atom. The fraction of sp³-hybridized carbons (Fsp3) is 0.333. The Kier molecular flexibility index (Phi) is 3.75. The molecule has 0 saturated carbocycles. The zero-order valence-corrected chi connectivity index (χ0v) is 13.8. The summed E-state index contributed by atoms with van der Waals surface area (Å²) in [5.74, 6) is 1.62. The van der Waals surface area contributed by atoms with Crippen LogP contribution in [0.5, 0.6) is 11.5 Å². The van der Waals surface area contributed by atoms with Crippen molar-refractivity contribution < 1.29 is 9.47 Å². The zero-order chi connectivity index (χ0) is 14.3. The molecule has 20 heavy (non-hydrogen) atoms. The van der Waals surface area contributed by atoms with Crippen molar-refractivity contribution in [2.75, 3.05) is 7.11 Å². The Morgan fingerprint density at radius 3 is 2.85 bits per heavy atom. The minimum Gasteiger partial charge on any atom is -0.497 e. The largest absolute Gasteiger partial charge is 0.497 e. The van der Waals surface area contributed by atoms with Crippen molar-refractivity contribution in [2.24, 2.45) is 5.73 Å². The summed E-state index contributed by atoms with van der Waals surface area (Å²) in [6.45, 7) is 2.10. The van der Waals surface area contributed by atoms with Crippen molar-refractivity contribution in [1.29, 1.82) is 0 Å². The van der Waals surface area contributed by atoms with Gasteiger partial charge in [-0.15, -0.1) is 11.3 Å². The molecule has 0 aliphatic carbocycles. The number of hydrogen-bond donors (Lipinski definition) is 1. The predicted molar refractivity (Wildman–Crippen MR) is 84.7 cm³/mol. The molecule has 0 amide bonds. The molecule has 106 valence electrons. The molecule has 0 radical (unpaired) electrons. The van der Waals surface area contributed by atoms with E-state index in [9.17, 15) is 0 Å². The van der Waals surface area contributed by atoms with E-state index < -0.39 is 0 Å². The van der Waals surface area contributed by atoms with Gasteiger partial charge in [-0.3, -0.25) is 0 Å². The van der Waals surface area contributed by atoms with Crippen LogP contribution in [0.3, 0.4) is 0 Å². The number of halogens is 1. The maximum absolute atomic E-state index is 6.28. The number of nitrogens with two attached hydrogens (primary N) is 1. The van der Waals surface area contributed by atoms with Gasteiger partial charge in [0, 0.05) is 38.3 Å². The normalized spacial score (nSPS) is 21.2. The first-order valence-corrected chi connectivity index (χ1v) is 8.05. The SMILES string of the molecule is COc1ccc2c(c1)OC(c1cc(Br)c(C)s1)C[C@@H]2N. The quantitative estimate of drug-likeness (QED) is 0.872. The first kappa shape index (κ1) is 13.9. The number of fused-ring (bicyclic) bond motifs is 1. The summed E-state index contributed by atoms with van der Waals surface area (Å²) in [5.41, 5.74) is 7.33. The summed E-state index contributed by atoms with van der Waals surface area (Å²) in [6, 6.07) is 7.95. The van der Waals surface area contributed by atoms with Crippen LogP contribution in [-0.4, -0.2) is 7.11 Å². The molecule has 0 bridgehead atoms. The Labute approximate surface area is 130 Å². The fourth-order valence-electron chi connectivity index (χ4n) is 2.42. The van der Waals surface area contributed by atoms with Crippen LogP contribution in [0.2, 0.25) is 0 Å². The molecule has 2 heterocycles. The maximum Gasteiger partial charge on any atom is 0.135 e. The van der Waals surface area contributed by atoms with Crippen LogP contribution in [-0.2, 0) is 0 Å². The van der Waals surface area contributed by atoms with Gasteiger partial charge in [-0.1, -0.05) is 6.07 Å². The molecule has 1 aromatic carbocycles. The van der Waals surface area contributed by atoms with Gasteiger partial charge >= 0.3 is 0 Å². The summed E-state index contributed by atoms with van der Waals surface area (Å²) in [7, 11) is 1.65. The lowest BCUT2D eigenvalue weighted by Gasteiger charge is -2.30. The molecule has 0 spiro atoms. The molecule has 1 aliphatic heterocycles. The topological polar surface area (TPSA) is 44.5 Å². The first-order chi connectivity index (χ1) is 9.58. The highest BCUT2D eigenvalue weighted by Crippen LogP contribution is 2.43. The zero-order valence-electron chi connectivity index (χ0n) is 11.4. The van der Waals surface area contributed by atoms with E-state index in [2.05, 4.69) is 28.9 Å². The highest BCUT2D eigenvalue weighted by molar-refractivity contribution is 9.10. The molecule has 2 N–H and O–H groups in total. The third kappa shape index (κ3) is 2.45. The van der Waals surface area contributed by atoms with E-state index in [1.54, 1.807) is 18.4 Å². The third-order valence-corrected chi connectivity index (χ3v) is 5.78. The molecule has 1 unspecified atom stereocenters. The molecule has 0 saturated heterocycles. The van der Waals surface area contributed by atoms with Gasteiger partial charge < -0.3 is 15.2 Å². The van der Waals surface area contributed by atoms with Crippen molar-refractivity contribution >= 4 is 27.3 Å². The average molecular weight is 354 g/mol. The third-order valence-electron chi connectivity index (χ3n) is 3.55. The van der Waals surface area contributed by atoms with Crippen LogP contribution in [0.4, 0.5) is 0 Å². The lowest BCUT2D eigenvalue weighted by molar-refractivity contribution is 0.164. The van der Waals surface area contributed by atoms with Crippen LogP contribution in [0, 0.1) is 6.92 Å². The summed E-state index contributed by atoms with van der Waals surface area (Å²) in [5, 5.41) is 0. The van der Waals surface area contributed by atoms with E-state index in [1.165, 1.54) is 9.75 Å². The molecule has 2 aromatic rings. The van der Waals surface area contributed by atoms with Gasteiger partial charge in [0.15, 0.2) is 0 Å². The second-order valence-electron chi connectivity index (χ2n) is 4.91. The fourth-order valence-corrected chi connectivity index (χ4v) is 4.03. The molecular formula is C15H16BrNO2S. The van der Waals surface area contributed by atoms with Crippen molar-refractivity contribution in [3.63, 3.8) is 0 Å². The minimum absolute atomic E-state index is 0.00385. The van der Waals surface area contributed by atoms with Crippen molar-refractivity contribution in [3.05, 3.63) is 44.1 Å². The van der Waals surface area contributed by atoms with Gasteiger partial charge in [-0.2, -0.15) is 0 Å². The van der Waals surface area contributed by atoms with E-state index in [1.807, 2.05) is 18.2 Å². The second kappa shape index (κ2) is 5.39. The minimum atomic E-state index is -0.00385. The lowest BCUT2D eigenvalue weighted by Crippen LogP contribution is -2.23. The summed E-state index contributed by atoms with van der Waals surface area (Å²) >= 11 is 5.30. The van der Waals surface area contributed by atoms with Crippen molar-refractivity contribution in [3.8, 4) is 11.5 Å². The van der Waals surface area contributed by atoms with Gasteiger partial charge in [0.2, 0.25) is 0 Å². The standard InChI is InChI=1S/C15H16BrNO2S/c1-8-11(16)6-15(20-8)14-7-12(17)10-4-3-9(18-2)5-13(10)19-14/h3-6,12,14H,7,17H2,1-2H3/t12-,14?/m0/s1. The Bertz CT molecular complexity index is 621. The van der Waals surface area contributed by atoms with E-state index >= 15 is 0 Å². The molecular weight excluding hydrogens is 338 g/mol. The number of benzene rings is 1. The van der Waals surface area contributed by atoms with Crippen LogP contribution >= 0.6 is 27.3 Å². The monoisotopic (exact) mass is 353 g/mol. The number of hydrogen-bond acceptors (Lipinski definition) is 4. The smallest absolute Gasteiger partial charge is 0.135 e. The van der Waals surface area contributed by atoms with Gasteiger partial charge in [0.25, 0.3) is 0 Å². The number of rotatable bonds is 2. The van der Waals surface area contributed by atoms with Crippen LogP contribution < -0.4 is 15.2 Å². The lowest BCUT2D eigenvalue weighted by atomic mass is 9.96. The van der Waals surface area contributed by atoms with Crippen molar-refractivity contribution in [1.82, 2.24) is 0 Å². The highest BCUT2D eigenvalue weighted by Gasteiger charge is 2.28. The Balaban J connectivity index is 1.94. The van der Waals surface area contributed by atoms with Crippen LogP contribution in [0.25, 0.3) is 0 Å². The maximum atomic E-state index is 6.28. The summed E-state index contributed by atoms with van der Waals surface area (Å²) in [4.78, 5) is 2.46. The summed E-state index contributed by atoms with van der Waals surface area (Å²) in [6.07, 6.45) is 0.811. The van der Waals surface area contributed by atoms with Crippen LogP contribution in [0.15, 0.2) is 28.7 Å². The Morgan fingerprint density at radius 2 is 2.20 bits per heavy atom. The molecule has 5 heteroatoms. The second-order valence-corrected chi connectivity index (χ2v) is 7.05. The van der Waals surface area contributed by atoms with Gasteiger partial charge in [0.1, 0.15) is 17.6 Å². The molecule has 1 aromatic heterocycles. The van der Waals surface area contributed by atoms with E-state index in [-0.39, 0.29) is 12.1 Å². The highest BCUT2D eigenvalue weighted by atomic mass is 79.9. The molecule has 3 rings (SSSR count). The van der Waals surface area contributed by atoms with E-state index in [0.29, 0.717) is 0 Å². The van der Waals surface area contributed by atoms with E-state index in [4.69, 9.17) is 15.2 Å². The van der Waals surface area contributed by atoms with Crippen LogP contribution in [0.1, 0.15) is 33.9 Å².